The van der Waals surface area contributed by atoms with Crippen LogP contribution in [-0.2, 0) is 10.2 Å². The van der Waals surface area contributed by atoms with Crippen LogP contribution in [0.2, 0.25) is 0 Å². The molecule has 2 heterocycles. The number of carbonyl (C=O) groups excluding carboxylic acids is 1. The van der Waals surface area contributed by atoms with Crippen LogP contribution in [0.4, 0.5) is 5.69 Å². The van der Waals surface area contributed by atoms with Crippen molar-refractivity contribution in [1.82, 2.24) is 5.32 Å². The van der Waals surface area contributed by atoms with Gasteiger partial charge in [0.05, 0.1) is 6.54 Å². The smallest absolute Gasteiger partial charge is 0.241 e. The molecule has 1 amide bonds. The Morgan fingerprint density at radius 2 is 1.52 bits per heavy atom. The third kappa shape index (κ3) is 2.61. The molecule has 0 spiro atoms. The Morgan fingerprint density at radius 3 is 2.28 bits per heavy atom. The zero-order valence-electron chi connectivity index (χ0n) is 16.7. The Bertz CT molecular complexity index is 1100. The van der Waals surface area contributed by atoms with Crippen molar-refractivity contribution >= 4 is 17.7 Å². The molecular weight excluding hydrogens is 356 g/mol. The van der Waals surface area contributed by atoms with E-state index in [1.54, 1.807) is 0 Å². The van der Waals surface area contributed by atoms with Gasteiger partial charge in [0.2, 0.25) is 5.91 Å². The van der Waals surface area contributed by atoms with Crippen molar-refractivity contribution in [2.75, 3.05) is 11.4 Å². The van der Waals surface area contributed by atoms with Crippen molar-refractivity contribution < 1.29 is 4.79 Å². The Balaban J connectivity index is 1.50. The van der Waals surface area contributed by atoms with Gasteiger partial charge >= 0.3 is 0 Å². The Kier molecular flexibility index (Phi) is 3.88. The van der Waals surface area contributed by atoms with Crippen LogP contribution < -0.4 is 10.2 Å². The van der Waals surface area contributed by atoms with E-state index in [4.69, 9.17) is 0 Å². The van der Waals surface area contributed by atoms with Crippen molar-refractivity contribution in [3.63, 3.8) is 0 Å². The first-order valence-corrected chi connectivity index (χ1v) is 10.0. The molecule has 3 heteroatoms. The van der Waals surface area contributed by atoms with E-state index in [1.165, 1.54) is 16.7 Å². The molecule has 144 valence electrons. The quantitative estimate of drug-likeness (QED) is 0.694. The second-order valence-corrected chi connectivity index (χ2v) is 8.36. The summed E-state index contributed by atoms with van der Waals surface area (Å²) in [6.07, 6.45) is 4.29. The van der Waals surface area contributed by atoms with E-state index in [2.05, 4.69) is 103 Å². The molecule has 0 aliphatic carbocycles. The fraction of sp³-hybridized carbons (Fsp3) is 0.192. The number of amides is 1. The maximum atomic E-state index is 12.4. The van der Waals surface area contributed by atoms with Gasteiger partial charge in [-0.2, -0.15) is 0 Å². The fourth-order valence-electron chi connectivity index (χ4n) is 4.77. The minimum Gasteiger partial charge on any atom is -0.335 e. The SMILES string of the molecule is CC1(C)c2ccccc2N2CC(=O)N[C@@]21/C=C/c1ccc(-c2ccccc2)cc1. The second-order valence-electron chi connectivity index (χ2n) is 8.36. The number of nitrogens with one attached hydrogen (secondary N) is 1. The van der Waals surface area contributed by atoms with E-state index in [9.17, 15) is 4.79 Å². The van der Waals surface area contributed by atoms with Crippen LogP contribution in [0.25, 0.3) is 17.2 Å². The standard InChI is InChI=1S/C26H24N2O/c1-25(2)22-10-6-7-11-23(22)28-18-24(29)27-26(25,28)17-16-19-12-14-21(15-13-19)20-8-4-3-5-9-20/h3-17H,18H2,1-2H3,(H,27,29)/b17-16+/t26-/m0/s1. The third-order valence-corrected chi connectivity index (χ3v) is 6.41. The molecule has 3 aromatic rings. The molecule has 0 unspecified atom stereocenters. The minimum absolute atomic E-state index is 0.0663. The number of hydrogen-bond donors (Lipinski definition) is 1. The molecule has 1 atom stereocenters. The summed E-state index contributed by atoms with van der Waals surface area (Å²) in [6, 6.07) is 27.3. The lowest BCUT2D eigenvalue weighted by Gasteiger charge is -2.40. The highest BCUT2D eigenvalue weighted by Gasteiger charge is 2.59. The average Bonchev–Trinajstić information content (AvgIpc) is 3.18. The molecule has 2 aliphatic rings. The highest BCUT2D eigenvalue weighted by molar-refractivity contribution is 5.91. The Hall–Kier alpha value is -3.33. The number of fused-ring (bicyclic) bond motifs is 3. The van der Waals surface area contributed by atoms with Gasteiger partial charge < -0.3 is 10.2 Å². The van der Waals surface area contributed by atoms with Crippen molar-refractivity contribution in [1.29, 1.82) is 0 Å². The minimum atomic E-state index is -0.550. The van der Waals surface area contributed by atoms with Crippen LogP contribution in [0.3, 0.4) is 0 Å². The van der Waals surface area contributed by atoms with Gasteiger partial charge in [-0.05, 0) is 34.4 Å². The predicted molar refractivity (Wildman–Crippen MR) is 119 cm³/mol. The molecule has 0 saturated carbocycles. The van der Waals surface area contributed by atoms with Crippen LogP contribution in [0.5, 0.6) is 0 Å². The zero-order valence-corrected chi connectivity index (χ0v) is 16.7. The number of rotatable bonds is 3. The topological polar surface area (TPSA) is 32.3 Å². The summed E-state index contributed by atoms with van der Waals surface area (Å²) in [5.74, 6) is 0.0663. The monoisotopic (exact) mass is 380 g/mol. The summed E-state index contributed by atoms with van der Waals surface area (Å²) in [4.78, 5) is 14.6. The van der Waals surface area contributed by atoms with Crippen molar-refractivity contribution in [3.8, 4) is 11.1 Å². The third-order valence-electron chi connectivity index (χ3n) is 6.41. The lowest BCUT2D eigenvalue weighted by Crippen LogP contribution is -2.58. The first-order valence-electron chi connectivity index (χ1n) is 10.0. The summed E-state index contributed by atoms with van der Waals surface area (Å²) < 4.78 is 0. The van der Waals surface area contributed by atoms with E-state index >= 15 is 0 Å². The maximum Gasteiger partial charge on any atom is 0.241 e. The average molecular weight is 380 g/mol. The summed E-state index contributed by atoms with van der Waals surface area (Å²) in [6.45, 7) is 4.80. The molecule has 2 aliphatic heterocycles. The molecule has 0 bridgehead atoms. The van der Waals surface area contributed by atoms with E-state index in [0.717, 1.165) is 11.3 Å². The lowest BCUT2D eigenvalue weighted by atomic mass is 9.75. The van der Waals surface area contributed by atoms with E-state index in [-0.39, 0.29) is 11.3 Å². The van der Waals surface area contributed by atoms with Crippen LogP contribution in [0.1, 0.15) is 25.0 Å². The van der Waals surface area contributed by atoms with E-state index in [1.807, 2.05) is 12.1 Å². The van der Waals surface area contributed by atoms with Crippen molar-refractivity contribution in [3.05, 3.63) is 96.1 Å². The molecule has 29 heavy (non-hydrogen) atoms. The number of hydrogen-bond acceptors (Lipinski definition) is 2. The lowest BCUT2D eigenvalue weighted by molar-refractivity contribution is -0.118. The van der Waals surface area contributed by atoms with Gasteiger partial charge in [0, 0.05) is 11.1 Å². The van der Waals surface area contributed by atoms with Crippen LogP contribution >= 0.6 is 0 Å². The maximum absolute atomic E-state index is 12.4. The second kappa shape index (κ2) is 6.35. The van der Waals surface area contributed by atoms with Gasteiger partial charge in [0.25, 0.3) is 0 Å². The molecular formula is C26H24N2O. The molecule has 1 fully saturated rings. The summed E-state index contributed by atoms with van der Waals surface area (Å²) in [5.41, 5.74) is 5.15. The number of nitrogens with zero attached hydrogens (tertiary/aromatic N) is 1. The molecule has 3 nitrogen and oxygen atoms in total. The van der Waals surface area contributed by atoms with Crippen LogP contribution in [0, 0.1) is 0 Å². The van der Waals surface area contributed by atoms with Crippen molar-refractivity contribution in [2.45, 2.75) is 24.9 Å². The van der Waals surface area contributed by atoms with E-state index < -0.39 is 5.66 Å². The van der Waals surface area contributed by atoms with Gasteiger partial charge in [0.15, 0.2) is 0 Å². The van der Waals surface area contributed by atoms with Gasteiger partial charge in [-0.1, -0.05) is 92.7 Å². The molecule has 5 rings (SSSR count). The first kappa shape index (κ1) is 17.7. The Labute approximate surface area is 171 Å². The van der Waals surface area contributed by atoms with Crippen molar-refractivity contribution in [2.24, 2.45) is 0 Å². The molecule has 1 saturated heterocycles. The molecule has 3 aromatic carbocycles. The van der Waals surface area contributed by atoms with Crippen LogP contribution in [0.15, 0.2) is 84.9 Å². The number of anilines is 1. The van der Waals surface area contributed by atoms with Gasteiger partial charge in [-0.15, -0.1) is 0 Å². The first-order chi connectivity index (χ1) is 14.0. The Morgan fingerprint density at radius 1 is 0.862 bits per heavy atom. The van der Waals surface area contributed by atoms with Crippen LogP contribution in [-0.4, -0.2) is 18.1 Å². The van der Waals surface area contributed by atoms with E-state index in [0.29, 0.717) is 6.54 Å². The molecule has 1 N–H and O–H groups in total. The molecule has 0 radical (unpaired) electrons. The summed E-state index contributed by atoms with van der Waals surface area (Å²) in [7, 11) is 0. The molecule has 0 aromatic heterocycles. The highest BCUT2D eigenvalue weighted by atomic mass is 16.2. The number of benzene rings is 3. The number of para-hydroxylation sites is 1. The largest absolute Gasteiger partial charge is 0.335 e. The number of carbonyl (C=O) groups is 1. The normalized spacial score (nSPS) is 21.9. The summed E-state index contributed by atoms with van der Waals surface area (Å²) >= 11 is 0. The predicted octanol–water partition coefficient (Wildman–Crippen LogP) is 4.99. The summed E-state index contributed by atoms with van der Waals surface area (Å²) in [5, 5.41) is 3.27. The van der Waals surface area contributed by atoms with Gasteiger partial charge in [-0.25, -0.2) is 0 Å². The van der Waals surface area contributed by atoms with Gasteiger partial charge in [0.1, 0.15) is 5.66 Å². The zero-order chi connectivity index (χ0) is 20.1. The van der Waals surface area contributed by atoms with Gasteiger partial charge in [-0.3, -0.25) is 4.79 Å². The fourth-order valence-corrected chi connectivity index (χ4v) is 4.77. The highest BCUT2D eigenvalue weighted by Crippen LogP contribution is 2.52.